The first-order valence-electron chi connectivity index (χ1n) is 5.86. The third-order valence-corrected chi connectivity index (χ3v) is 3.07. The average Bonchev–Trinajstić information content (AvgIpc) is 2.46. The lowest BCUT2D eigenvalue weighted by atomic mass is 10.1. The van der Waals surface area contributed by atoms with E-state index >= 15 is 0 Å². The van der Waals surface area contributed by atoms with Gasteiger partial charge in [0.15, 0.2) is 6.04 Å². The lowest BCUT2D eigenvalue weighted by molar-refractivity contribution is -0.141. The Hall–Kier alpha value is -2.00. The van der Waals surface area contributed by atoms with Gasteiger partial charge in [0.05, 0.1) is 17.8 Å². The van der Waals surface area contributed by atoms with E-state index in [9.17, 15) is 4.79 Å². The summed E-state index contributed by atoms with van der Waals surface area (Å²) >= 11 is 6.09. The molecule has 0 aliphatic heterocycles. The van der Waals surface area contributed by atoms with Gasteiger partial charge in [-0.1, -0.05) is 54.1 Å². The van der Waals surface area contributed by atoms with Crippen LogP contribution in [-0.2, 0) is 9.53 Å². The summed E-state index contributed by atoms with van der Waals surface area (Å²) in [5, 5.41) is 3.67. The van der Waals surface area contributed by atoms with Crippen LogP contribution < -0.4 is 5.32 Å². The SMILES string of the molecule is COC(=O)C(Nc1ccccc1Cl)c1ccccc1. The Balaban J connectivity index is 2.30. The number of carbonyl (C=O) groups is 1. The maximum Gasteiger partial charge on any atom is 0.332 e. The van der Waals surface area contributed by atoms with Crippen LogP contribution in [0.5, 0.6) is 0 Å². The van der Waals surface area contributed by atoms with E-state index in [1.54, 1.807) is 6.07 Å². The molecule has 0 fully saturated rings. The Kier molecular flexibility index (Phi) is 4.42. The van der Waals surface area contributed by atoms with E-state index in [-0.39, 0.29) is 5.97 Å². The summed E-state index contributed by atoms with van der Waals surface area (Å²) in [6, 6.07) is 16.1. The number of nitrogens with one attached hydrogen (secondary N) is 1. The normalized spacial score (nSPS) is 11.7. The first-order chi connectivity index (χ1) is 9.22. The Morgan fingerprint density at radius 1 is 1.11 bits per heavy atom. The topological polar surface area (TPSA) is 38.3 Å². The van der Waals surface area contributed by atoms with Crippen molar-refractivity contribution >= 4 is 23.3 Å². The summed E-state index contributed by atoms with van der Waals surface area (Å²) in [5.74, 6) is -0.355. The zero-order valence-corrected chi connectivity index (χ0v) is 11.2. The summed E-state index contributed by atoms with van der Waals surface area (Å²) in [6.07, 6.45) is 0. The van der Waals surface area contributed by atoms with E-state index in [1.165, 1.54) is 7.11 Å². The third kappa shape index (κ3) is 3.26. The first kappa shape index (κ1) is 13.4. The van der Waals surface area contributed by atoms with Crippen LogP contribution in [0.4, 0.5) is 5.69 Å². The highest BCUT2D eigenvalue weighted by Crippen LogP contribution is 2.26. The largest absolute Gasteiger partial charge is 0.467 e. The monoisotopic (exact) mass is 275 g/mol. The van der Waals surface area contributed by atoms with E-state index in [4.69, 9.17) is 16.3 Å². The number of para-hydroxylation sites is 1. The Bertz CT molecular complexity index is 557. The molecule has 0 radical (unpaired) electrons. The van der Waals surface area contributed by atoms with Crippen molar-refractivity contribution in [3.63, 3.8) is 0 Å². The number of hydrogen-bond donors (Lipinski definition) is 1. The van der Waals surface area contributed by atoms with Gasteiger partial charge in [-0.3, -0.25) is 0 Å². The van der Waals surface area contributed by atoms with Gasteiger partial charge in [-0.25, -0.2) is 4.79 Å². The second-order valence-electron chi connectivity index (χ2n) is 3.99. The van der Waals surface area contributed by atoms with Crippen LogP contribution in [-0.4, -0.2) is 13.1 Å². The Morgan fingerprint density at radius 3 is 2.37 bits per heavy atom. The van der Waals surface area contributed by atoms with Crippen LogP contribution in [0.15, 0.2) is 54.6 Å². The average molecular weight is 276 g/mol. The van der Waals surface area contributed by atoms with Gasteiger partial charge < -0.3 is 10.1 Å². The van der Waals surface area contributed by atoms with Crippen molar-refractivity contribution in [3.05, 3.63) is 65.2 Å². The van der Waals surface area contributed by atoms with Crippen LogP contribution >= 0.6 is 11.6 Å². The number of halogens is 1. The van der Waals surface area contributed by atoms with Crippen molar-refractivity contribution in [2.24, 2.45) is 0 Å². The van der Waals surface area contributed by atoms with Gasteiger partial charge in [0.2, 0.25) is 0 Å². The standard InChI is InChI=1S/C15H14ClNO2/c1-19-15(18)14(11-7-3-2-4-8-11)17-13-10-6-5-9-12(13)16/h2-10,14,17H,1H3. The smallest absolute Gasteiger partial charge is 0.332 e. The predicted octanol–water partition coefficient (Wildman–Crippen LogP) is 3.67. The Morgan fingerprint density at radius 2 is 1.74 bits per heavy atom. The molecule has 0 aliphatic carbocycles. The number of methoxy groups -OCH3 is 1. The van der Waals surface area contributed by atoms with Crippen molar-refractivity contribution in [1.29, 1.82) is 0 Å². The molecule has 1 unspecified atom stereocenters. The van der Waals surface area contributed by atoms with E-state index < -0.39 is 6.04 Å². The molecule has 0 aliphatic rings. The minimum atomic E-state index is -0.578. The highest BCUT2D eigenvalue weighted by Gasteiger charge is 2.21. The van der Waals surface area contributed by atoms with Gasteiger partial charge in [-0.2, -0.15) is 0 Å². The van der Waals surface area contributed by atoms with Crippen molar-refractivity contribution in [2.75, 3.05) is 12.4 Å². The number of benzene rings is 2. The first-order valence-corrected chi connectivity index (χ1v) is 6.24. The van der Waals surface area contributed by atoms with Gasteiger partial charge >= 0.3 is 5.97 Å². The third-order valence-electron chi connectivity index (χ3n) is 2.74. The maximum absolute atomic E-state index is 11.9. The molecule has 2 rings (SSSR count). The van der Waals surface area contributed by atoms with Gasteiger partial charge in [0.1, 0.15) is 0 Å². The minimum Gasteiger partial charge on any atom is -0.467 e. The van der Waals surface area contributed by atoms with E-state index in [0.29, 0.717) is 10.7 Å². The van der Waals surface area contributed by atoms with Crippen LogP contribution in [0.2, 0.25) is 5.02 Å². The molecule has 0 heterocycles. The summed E-state index contributed by atoms with van der Waals surface area (Å²) in [4.78, 5) is 11.9. The maximum atomic E-state index is 11.9. The van der Waals surface area contributed by atoms with Crippen molar-refractivity contribution in [1.82, 2.24) is 0 Å². The number of esters is 1. The van der Waals surface area contributed by atoms with Crippen molar-refractivity contribution in [3.8, 4) is 0 Å². The van der Waals surface area contributed by atoms with Crippen LogP contribution in [0.25, 0.3) is 0 Å². The van der Waals surface area contributed by atoms with Crippen LogP contribution in [0.3, 0.4) is 0 Å². The molecule has 0 amide bonds. The van der Waals surface area contributed by atoms with Gasteiger partial charge in [0.25, 0.3) is 0 Å². The second-order valence-corrected chi connectivity index (χ2v) is 4.40. The summed E-state index contributed by atoms with van der Waals surface area (Å²) in [5.41, 5.74) is 1.53. The fourth-order valence-electron chi connectivity index (χ4n) is 1.78. The fourth-order valence-corrected chi connectivity index (χ4v) is 1.97. The molecule has 19 heavy (non-hydrogen) atoms. The quantitative estimate of drug-likeness (QED) is 0.866. The Labute approximate surface area is 117 Å². The molecule has 0 bridgehead atoms. The summed E-state index contributed by atoms with van der Waals surface area (Å²) in [7, 11) is 1.37. The number of anilines is 1. The zero-order valence-electron chi connectivity index (χ0n) is 10.5. The van der Waals surface area contributed by atoms with Crippen LogP contribution in [0.1, 0.15) is 11.6 Å². The molecule has 3 nitrogen and oxygen atoms in total. The number of hydrogen-bond acceptors (Lipinski definition) is 3. The molecule has 0 saturated heterocycles. The lowest BCUT2D eigenvalue weighted by Gasteiger charge is -2.18. The van der Waals surface area contributed by atoms with Crippen LogP contribution in [0, 0.1) is 0 Å². The zero-order chi connectivity index (χ0) is 13.7. The lowest BCUT2D eigenvalue weighted by Crippen LogP contribution is -2.22. The summed E-state index contributed by atoms with van der Waals surface area (Å²) in [6.45, 7) is 0. The highest BCUT2D eigenvalue weighted by atomic mass is 35.5. The number of ether oxygens (including phenoxy) is 1. The molecule has 1 N–H and O–H groups in total. The molecule has 4 heteroatoms. The molecular formula is C15H14ClNO2. The predicted molar refractivity (Wildman–Crippen MR) is 76.3 cm³/mol. The van der Waals surface area contributed by atoms with Crippen molar-refractivity contribution in [2.45, 2.75) is 6.04 Å². The molecule has 0 aromatic heterocycles. The van der Waals surface area contributed by atoms with Crippen molar-refractivity contribution < 1.29 is 9.53 Å². The van der Waals surface area contributed by atoms with E-state index in [0.717, 1.165) is 5.56 Å². The minimum absolute atomic E-state index is 0.355. The van der Waals surface area contributed by atoms with Gasteiger partial charge in [0, 0.05) is 0 Å². The van der Waals surface area contributed by atoms with E-state index in [1.807, 2.05) is 48.5 Å². The molecule has 2 aromatic carbocycles. The highest BCUT2D eigenvalue weighted by molar-refractivity contribution is 6.33. The van der Waals surface area contributed by atoms with E-state index in [2.05, 4.69) is 5.32 Å². The molecule has 1 atom stereocenters. The summed E-state index contributed by atoms with van der Waals surface area (Å²) < 4.78 is 4.83. The molecule has 2 aromatic rings. The fraction of sp³-hybridized carbons (Fsp3) is 0.133. The number of rotatable bonds is 4. The molecule has 98 valence electrons. The molecule has 0 spiro atoms. The van der Waals surface area contributed by atoms with Gasteiger partial charge in [-0.05, 0) is 17.7 Å². The number of carbonyl (C=O) groups excluding carboxylic acids is 1. The molecular weight excluding hydrogens is 262 g/mol. The van der Waals surface area contributed by atoms with Gasteiger partial charge in [-0.15, -0.1) is 0 Å². The second kappa shape index (κ2) is 6.25. The molecule has 0 saturated carbocycles.